The highest BCUT2D eigenvalue weighted by Crippen LogP contribution is 2.37. The molecule has 0 saturated heterocycles. The van der Waals surface area contributed by atoms with Crippen molar-refractivity contribution in [2.45, 2.75) is 26.2 Å². The van der Waals surface area contributed by atoms with Crippen LogP contribution in [-0.4, -0.2) is 18.8 Å². The lowest BCUT2D eigenvalue weighted by Crippen LogP contribution is -2.08. The van der Waals surface area contributed by atoms with Crippen molar-refractivity contribution in [1.82, 2.24) is 0 Å². The molecule has 0 aliphatic heterocycles. The van der Waals surface area contributed by atoms with E-state index in [-0.39, 0.29) is 17.9 Å². The van der Waals surface area contributed by atoms with Crippen LogP contribution in [0.15, 0.2) is 42.5 Å². The van der Waals surface area contributed by atoms with Gasteiger partial charge < -0.3 is 25.6 Å². The third-order valence-electron chi connectivity index (χ3n) is 4.60. The van der Waals surface area contributed by atoms with Gasteiger partial charge in [-0.2, -0.15) is 0 Å². The number of nitrogens with one attached hydrogen (secondary N) is 1. The zero-order valence-electron chi connectivity index (χ0n) is 16.7. The SMILES string of the molecule is CCNc1ccc(C(O)c2cc(COCc3ccc(OC)cc3)c(Cl)s2)c(F)c1N. The Morgan fingerprint density at radius 2 is 1.93 bits per heavy atom. The molecule has 2 aromatic carbocycles. The van der Waals surface area contributed by atoms with E-state index in [0.29, 0.717) is 28.1 Å². The van der Waals surface area contributed by atoms with Crippen LogP contribution in [0.3, 0.4) is 0 Å². The van der Waals surface area contributed by atoms with Crippen LogP contribution in [0.4, 0.5) is 15.8 Å². The van der Waals surface area contributed by atoms with E-state index in [4.69, 9.17) is 26.8 Å². The minimum atomic E-state index is -1.17. The highest BCUT2D eigenvalue weighted by molar-refractivity contribution is 7.16. The number of nitrogens with two attached hydrogens (primary N) is 1. The van der Waals surface area contributed by atoms with Crippen molar-refractivity contribution in [3.63, 3.8) is 0 Å². The van der Waals surface area contributed by atoms with E-state index < -0.39 is 11.9 Å². The lowest BCUT2D eigenvalue weighted by Gasteiger charge is -2.14. The van der Waals surface area contributed by atoms with Crippen molar-refractivity contribution >= 4 is 34.3 Å². The molecular formula is C22H24ClFN2O3S. The molecule has 8 heteroatoms. The van der Waals surface area contributed by atoms with Crippen LogP contribution in [0.2, 0.25) is 4.34 Å². The van der Waals surface area contributed by atoms with E-state index in [1.54, 1.807) is 19.2 Å². The normalized spacial score (nSPS) is 12.0. The van der Waals surface area contributed by atoms with Gasteiger partial charge in [0.1, 0.15) is 11.9 Å². The molecule has 0 fully saturated rings. The topological polar surface area (TPSA) is 76.7 Å². The smallest absolute Gasteiger partial charge is 0.154 e. The fourth-order valence-corrected chi connectivity index (χ4v) is 4.25. The number of aliphatic hydroxyl groups excluding tert-OH is 1. The molecule has 5 nitrogen and oxygen atoms in total. The summed E-state index contributed by atoms with van der Waals surface area (Å²) in [5.41, 5.74) is 8.20. The molecule has 160 valence electrons. The van der Waals surface area contributed by atoms with Crippen LogP contribution in [0, 0.1) is 5.82 Å². The maximum Gasteiger partial charge on any atom is 0.154 e. The number of halogens is 2. The molecule has 0 aliphatic carbocycles. The van der Waals surface area contributed by atoms with Gasteiger partial charge >= 0.3 is 0 Å². The lowest BCUT2D eigenvalue weighted by atomic mass is 10.0. The minimum Gasteiger partial charge on any atom is -0.497 e. The monoisotopic (exact) mass is 450 g/mol. The summed E-state index contributed by atoms with van der Waals surface area (Å²) in [5, 5.41) is 13.7. The van der Waals surface area contributed by atoms with Gasteiger partial charge in [0, 0.05) is 22.5 Å². The number of hydrogen-bond donors (Lipinski definition) is 3. The molecule has 0 spiro atoms. The summed E-state index contributed by atoms with van der Waals surface area (Å²) >= 11 is 7.51. The standard InChI is InChI=1S/C22H24ClFN2O3S/c1-3-26-17-9-8-16(19(24)20(17)25)21(27)18-10-14(22(23)30-18)12-29-11-13-4-6-15(28-2)7-5-13/h4-10,21,26-27H,3,11-12,25H2,1-2H3. The van der Waals surface area contributed by atoms with Crippen molar-refractivity contribution in [2.24, 2.45) is 0 Å². The predicted molar refractivity (Wildman–Crippen MR) is 120 cm³/mol. The Hall–Kier alpha value is -2.32. The van der Waals surface area contributed by atoms with E-state index in [9.17, 15) is 9.50 Å². The van der Waals surface area contributed by atoms with Crippen LogP contribution in [0.25, 0.3) is 0 Å². The van der Waals surface area contributed by atoms with Gasteiger partial charge in [-0.25, -0.2) is 4.39 Å². The van der Waals surface area contributed by atoms with Gasteiger partial charge in [0.25, 0.3) is 0 Å². The Balaban J connectivity index is 1.68. The largest absolute Gasteiger partial charge is 0.497 e. The van der Waals surface area contributed by atoms with Crippen molar-refractivity contribution in [3.05, 3.63) is 74.2 Å². The Labute approximate surface area is 184 Å². The Morgan fingerprint density at radius 3 is 2.60 bits per heavy atom. The number of aliphatic hydroxyl groups is 1. The molecule has 0 aliphatic rings. The molecule has 1 aromatic heterocycles. The highest BCUT2D eigenvalue weighted by atomic mass is 35.5. The molecule has 30 heavy (non-hydrogen) atoms. The van der Waals surface area contributed by atoms with Gasteiger partial charge in [0.15, 0.2) is 5.82 Å². The van der Waals surface area contributed by atoms with E-state index in [2.05, 4.69) is 5.32 Å². The number of rotatable bonds is 9. The van der Waals surface area contributed by atoms with Crippen LogP contribution >= 0.6 is 22.9 Å². The van der Waals surface area contributed by atoms with Crippen LogP contribution < -0.4 is 15.8 Å². The second-order valence-electron chi connectivity index (χ2n) is 6.65. The molecule has 0 amide bonds. The third-order valence-corrected chi connectivity index (χ3v) is 6.10. The van der Waals surface area contributed by atoms with Gasteiger partial charge in [-0.3, -0.25) is 0 Å². The van der Waals surface area contributed by atoms with Crippen molar-refractivity contribution < 1.29 is 19.0 Å². The number of methoxy groups -OCH3 is 1. The summed E-state index contributed by atoms with van der Waals surface area (Å²) in [6.45, 7) is 3.20. The third kappa shape index (κ3) is 5.05. The average Bonchev–Trinajstić information content (AvgIpc) is 3.12. The number of anilines is 2. The summed E-state index contributed by atoms with van der Waals surface area (Å²) in [5.74, 6) is 0.146. The summed E-state index contributed by atoms with van der Waals surface area (Å²) in [6, 6.07) is 12.5. The molecule has 4 N–H and O–H groups in total. The maximum atomic E-state index is 14.7. The average molecular weight is 451 g/mol. The van der Waals surface area contributed by atoms with E-state index in [1.807, 2.05) is 31.2 Å². The number of ether oxygens (including phenoxy) is 2. The second-order valence-corrected chi connectivity index (χ2v) is 8.34. The van der Waals surface area contributed by atoms with Gasteiger partial charge in [0.05, 0.1) is 36.0 Å². The molecule has 3 rings (SSSR count). The number of nitrogen functional groups attached to an aromatic ring is 1. The fraction of sp³-hybridized carbons (Fsp3) is 0.273. The summed E-state index contributed by atoms with van der Waals surface area (Å²) < 4.78 is 26.1. The van der Waals surface area contributed by atoms with Gasteiger partial charge in [0.2, 0.25) is 0 Å². The van der Waals surface area contributed by atoms with E-state index >= 15 is 0 Å². The molecule has 1 atom stereocenters. The molecule has 1 heterocycles. The molecule has 0 bridgehead atoms. The number of hydrogen-bond acceptors (Lipinski definition) is 6. The highest BCUT2D eigenvalue weighted by Gasteiger charge is 2.22. The van der Waals surface area contributed by atoms with Crippen molar-refractivity contribution in [2.75, 3.05) is 24.7 Å². The lowest BCUT2D eigenvalue weighted by molar-refractivity contribution is 0.107. The number of thiophene rings is 1. The first-order valence-electron chi connectivity index (χ1n) is 9.43. The first-order chi connectivity index (χ1) is 14.4. The first-order valence-corrected chi connectivity index (χ1v) is 10.6. The second kappa shape index (κ2) is 10.1. The Bertz CT molecular complexity index is 995. The zero-order chi connectivity index (χ0) is 21.7. The summed E-state index contributed by atoms with van der Waals surface area (Å²) in [6.07, 6.45) is -1.17. The van der Waals surface area contributed by atoms with Crippen LogP contribution in [0.5, 0.6) is 5.75 Å². The zero-order valence-corrected chi connectivity index (χ0v) is 18.3. The van der Waals surface area contributed by atoms with Gasteiger partial charge in [-0.05, 0) is 36.8 Å². The molecule has 0 saturated carbocycles. The van der Waals surface area contributed by atoms with E-state index in [1.165, 1.54) is 17.4 Å². The Kier molecular flexibility index (Phi) is 7.55. The molecule has 1 unspecified atom stereocenters. The van der Waals surface area contributed by atoms with Crippen molar-refractivity contribution in [3.8, 4) is 5.75 Å². The predicted octanol–water partition coefficient (Wildman–Crippen LogP) is 5.36. The minimum absolute atomic E-state index is 0.0147. The summed E-state index contributed by atoms with van der Waals surface area (Å²) in [4.78, 5) is 0.526. The van der Waals surface area contributed by atoms with Crippen LogP contribution in [-0.2, 0) is 18.0 Å². The Morgan fingerprint density at radius 1 is 1.20 bits per heavy atom. The van der Waals surface area contributed by atoms with E-state index in [0.717, 1.165) is 16.9 Å². The molecule has 3 aromatic rings. The number of benzene rings is 2. The van der Waals surface area contributed by atoms with Crippen molar-refractivity contribution in [1.29, 1.82) is 0 Å². The summed E-state index contributed by atoms with van der Waals surface area (Å²) in [7, 11) is 1.62. The maximum absolute atomic E-state index is 14.7. The quantitative estimate of drug-likeness (QED) is 0.382. The van der Waals surface area contributed by atoms with Gasteiger partial charge in [-0.1, -0.05) is 29.8 Å². The van der Waals surface area contributed by atoms with Crippen LogP contribution in [0.1, 0.15) is 34.6 Å². The van der Waals surface area contributed by atoms with Gasteiger partial charge in [-0.15, -0.1) is 11.3 Å². The molecule has 0 radical (unpaired) electrons. The fourth-order valence-electron chi connectivity index (χ4n) is 2.98. The molecular weight excluding hydrogens is 427 g/mol. The first kappa shape index (κ1) is 22.4.